The molecular formula is C22H32O9. The molecule has 9 nitrogen and oxygen atoms in total. The summed E-state index contributed by atoms with van der Waals surface area (Å²) in [5.41, 5.74) is -6.00. The standard InChI is InChI=1S/C22H32O9/c1-9-11(24)7-22(29)18(28)16-20(5,17(27)15(26)14(9)19(22,3)4)12(25)6-13-21(16,8-30-13)31-10(2)23/h11-13,15-16,18,24-26,28-29H,6-8H2,1-5H3/t11-,12-,13+,15+,16-,18-,20+,21?,22+/m0/s1. The Bertz CT molecular complexity index is 865. The third-order valence-corrected chi connectivity index (χ3v) is 8.73. The van der Waals surface area contributed by atoms with Gasteiger partial charge < -0.3 is 35.0 Å². The molecule has 4 aliphatic rings. The molecule has 3 fully saturated rings. The maximum absolute atomic E-state index is 13.8. The van der Waals surface area contributed by atoms with Crippen molar-refractivity contribution in [3.8, 4) is 0 Å². The van der Waals surface area contributed by atoms with Gasteiger partial charge in [-0.05, 0) is 25.0 Å². The fraction of sp³-hybridized carbons (Fsp3) is 0.818. The number of aliphatic hydroxyl groups excluding tert-OH is 4. The molecule has 3 aliphatic carbocycles. The summed E-state index contributed by atoms with van der Waals surface area (Å²) in [4.78, 5) is 25.8. The predicted octanol–water partition coefficient (Wildman–Crippen LogP) is -0.783. The number of ether oxygens (including phenoxy) is 2. The van der Waals surface area contributed by atoms with Crippen LogP contribution in [0.1, 0.15) is 47.5 Å². The Kier molecular flexibility index (Phi) is 4.85. The molecule has 1 saturated heterocycles. The van der Waals surface area contributed by atoms with Crippen molar-refractivity contribution >= 4 is 11.8 Å². The Morgan fingerprint density at radius 2 is 1.77 bits per heavy atom. The van der Waals surface area contributed by atoms with Gasteiger partial charge in [0.05, 0.1) is 30.3 Å². The molecule has 0 aromatic rings. The van der Waals surface area contributed by atoms with E-state index in [2.05, 4.69) is 0 Å². The quantitative estimate of drug-likeness (QED) is 0.261. The van der Waals surface area contributed by atoms with E-state index < -0.39 is 70.2 Å². The minimum Gasteiger partial charge on any atom is -0.454 e. The van der Waals surface area contributed by atoms with Crippen LogP contribution in [0.4, 0.5) is 0 Å². The molecular weight excluding hydrogens is 408 g/mol. The normalized spacial score (nSPS) is 51.1. The molecule has 0 radical (unpaired) electrons. The fourth-order valence-electron chi connectivity index (χ4n) is 6.78. The van der Waals surface area contributed by atoms with Gasteiger partial charge in [0, 0.05) is 31.1 Å². The van der Waals surface area contributed by atoms with E-state index in [0.717, 1.165) is 0 Å². The van der Waals surface area contributed by atoms with Crippen molar-refractivity contribution in [1.82, 2.24) is 0 Å². The van der Waals surface area contributed by atoms with Gasteiger partial charge in [-0.3, -0.25) is 9.59 Å². The number of hydrogen-bond acceptors (Lipinski definition) is 9. The van der Waals surface area contributed by atoms with Gasteiger partial charge in [-0.2, -0.15) is 0 Å². The minimum absolute atomic E-state index is 0.0338. The van der Waals surface area contributed by atoms with E-state index in [1.807, 2.05) is 0 Å². The first-order valence-electron chi connectivity index (χ1n) is 10.7. The Morgan fingerprint density at radius 1 is 1.16 bits per heavy atom. The number of fused-ring (bicyclic) bond motifs is 5. The Hall–Kier alpha value is -1.36. The highest BCUT2D eigenvalue weighted by molar-refractivity contribution is 5.93. The van der Waals surface area contributed by atoms with Gasteiger partial charge in [0.1, 0.15) is 17.8 Å². The highest BCUT2D eigenvalue weighted by atomic mass is 16.6. The van der Waals surface area contributed by atoms with Crippen molar-refractivity contribution in [2.45, 2.75) is 89.2 Å². The van der Waals surface area contributed by atoms with Gasteiger partial charge >= 0.3 is 5.97 Å². The molecule has 5 N–H and O–H groups in total. The van der Waals surface area contributed by atoms with Crippen LogP contribution in [0.2, 0.25) is 0 Å². The number of Topliss-reactive ketones (excluding diaryl/α,β-unsaturated/α-hetero) is 1. The molecule has 4 rings (SSSR count). The lowest BCUT2D eigenvalue weighted by molar-refractivity contribution is -0.346. The second-order valence-corrected chi connectivity index (χ2v) is 10.4. The van der Waals surface area contributed by atoms with Crippen LogP contribution >= 0.6 is 0 Å². The van der Waals surface area contributed by atoms with Gasteiger partial charge in [-0.25, -0.2) is 0 Å². The summed E-state index contributed by atoms with van der Waals surface area (Å²) in [6.07, 6.45) is -6.97. The van der Waals surface area contributed by atoms with Crippen LogP contribution in [-0.4, -0.2) is 85.6 Å². The second-order valence-electron chi connectivity index (χ2n) is 10.4. The van der Waals surface area contributed by atoms with Crippen molar-refractivity contribution in [3.05, 3.63) is 11.1 Å². The largest absolute Gasteiger partial charge is 0.454 e. The molecule has 1 heterocycles. The third-order valence-electron chi connectivity index (χ3n) is 8.73. The number of esters is 1. The molecule has 0 aromatic heterocycles. The molecule has 9 heteroatoms. The lowest BCUT2D eigenvalue weighted by Crippen LogP contribution is -2.81. The van der Waals surface area contributed by atoms with E-state index in [9.17, 15) is 35.1 Å². The van der Waals surface area contributed by atoms with Crippen molar-refractivity contribution < 1.29 is 44.6 Å². The maximum atomic E-state index is 13.8. The zero-order valence-electron chi connectivity index (χ0n) is 18.5. The van der Waals surface area contributed by atoms with Crippen LogP contribution in [0.3, 0.4) is 0 Å². The molecule has 9 atom stereocenters. The Morgan fingerprint density at radius 3 is 2.29 bits per heavy atom. The number of ketones is 1. The van der Waals surface area contributed by atoms with Crippen molar-refractivity contribution in [1.29, 1.82) is 0 Å². The number of carbonyl (C=O) groups is 2. The molecule has 2 bridgehead atoms. The molecule has 174 valence electrons. The summed E-state index contributed by atoms with van der Waals surface area (Å²) in [6.45, 7) is 7.30. The SMILES string of the molecule is CC(=O)OC12CO[C@@H]1C[C@H](O)[C@@]1(C)C(=O)[C@H](O)C3=C(C)[C@@H](O)C[C@@](O)([C@@H](O)[C@H]21)C3(C)C. The van der Waals surface area contributed by atoms with Crippen LogP contribution in [0, 0.1) is 16.7 Å². The molecule has 1 aliphatic heterocycles. The summed E-state index contributed by atoms with van der Waals surface area (Å²) in [5.74, 6) is -2.68. The van der Waals surface area contributed by atoms with Crippen LogP contribution in [-0.2, 0) is 19.1 Å². The van der Waals surface area contributed by atoms with Crippen molar-refractivity contribution in [2.75, 3.05) is 6.61 Å². The van der Waals surface area contributed by atoms with E-state index in [-0.39, 0.29) is 25.0 Å². The minimum atomic E-state index is -1.99. The zero-order chi connectivity index (χ0) is 23.3. The molecule has 2 saturated carbocycles. The average Bonchev–Trinajstić information content (AvgIpc) is 2.65. The smallest absolute Gasteiger partial charge is 0.303 e. The summed E-state index contributed by atoms with van der Waals surface area (Å²) >= 11 is 0. The highest BCUT2D eigenvalue weighted by Crippen LogP contribution is 2.63. The summed E-state index contributed by atoms with van der Waals surface area (Å²) < 4.78 is 11.2. The number of aliphatic hydroxyl groups is 5. The van der Waals surface area contributed by atoms with Gasteiger partial charge in [0.25, 0.3) is 0 Å². The van der Waals surface area contributed by atoms with Gasteiger partial charge in [0.15, 0.2) is 11.4 Å². The van der Waals surface area contributed by atoms with E-state index in [0.29, 0.717) is 5.57 Å². The Balaban J connectivity index is 2.02. The van der Waals surface area contributed by atoms with Crippen LogP contribution < -0.4 is 0 Å². The molecule has 0 spiro atoms. The predicted molar refractivity (Wildman–Crippen MR) is 106 cm³/mol. The molecule has 1 unspecified atom stereocenters. The summed E-state index contributed by atoms with van der Waals surface area (Å²) in [5, 5.41) is 56.5. The third kappa shape index (κ3) is 2.53. The van der Waals surface area contributed by atoms with E-state index >= 15 is 0 Å². The van der Waals surface area contributed by atoms with E-state index in [1.54, 1.807) is 20.8 Å². The van der Waals surface area contributed by atoms with Gasteiger partial charge in [-0.1, -0.05) is 13.8 Å². The first kappa shape index (κ1) is 22.8. The van der Waals surface area contributed by atoms with Crippen molar-refractivity contribution in [2.24, 2.45) is 16.7 Å². The topological polar surface area (TPSA) is 154 Å². The van der Waals surface area contributed by atoms with Gasteiger partial charge in [0.2, 0.25) is 0 Å². The first-order valence-corrected chi connectivity index (χ1v) is 10.7. The number of carbonyl (C=O) groups excluding carboxylic acids is 2. The first-order chi connectivity index (χ1) is 14.2. The number of rotatable bonds is 1. The summed E-state index contributed by atoms with van der Waals surface area (Å²) in [6, 6.07) is 0. The van der Waals surface area contributed by atoms with Crippen molar-refractivity contribution in [3.63, 3.8) is 0 Å². The van der Waals surface area contributed by atoms with Crippen LogP contribution in [0.15, 0.2) is 11.1 Å². The van der Waals surface area contributed by atoms with Gasteiger partial charge in [-0.15, -0.1) is 0 Å². The molecule has 0 aromatic carbocycles. The second kappa shape index (κ2) is 6.59. The Labute approximate surface area is 180 Å². The zero-order valence-corrected chi connectivity index (χ0v) is 18.5. The van der Waals surface area contributed by atoms with Crippen LogP contribution in [0.5, 0.6) is 0 Å². The van der Waals surface area contributed by atoms with E-state index in [1.165, 1.54) is 13.8 Å². The van der Waals surface area contributed by atoms with E-state index in [4.69, 9.17) is 9.47 Å². The molecule has 31 heavy (non-hydrogen) atoms. The highest BCUT2D eigenvalue weighted by Gasteiger charge is 2.76. The summed E-state index contributed by atoms with van der Waals surface area (Å²) in [7, 11) is 0. The fourth-order valence-corrected chi connectivity index (χ4v) is 6.78. The lowest BCUT2D eigenvalue weighted by Gasteiger charge is -2.67. The van der Waals surface area contributed by atoms with Crippen LogP contribution in [0.25, 0.3) is 0 Å². The monoisotopic (exact) mass is 440 g/mol. The molecule has 0 amide bonds. The average molecular weight is 440 g/mol. The lowest BCUT2D eigenvalue weighted by atomic mass is 9.45. The number of hydrogen-bond donors (Lipinski definition) is 5. The maximum Gasteiger partial charge on any atom is 0.303 e.